The molecule has 0 aromatic carbocycles. The lowest BCUT2D eigenvalue weighted by Gasteiger charge is -2.44. The van der Waals surface area contributed by atoms with Gasteiger partial charge in [0.1, 0.15) is 5.60 Å². The Bertz CT molecular complexity index is 524. The van der Waals surface area contributed by atoms with Gasteiger partial charge in [0.25, 0.3) is 0 Å². The number of carbonyl (C=O) groups excluding carboxylic acids is 1. The van der Waals surface area contributed by atoms with Crippen molar-refractivity contribution in [3.05, 3.63) is 24.8 Å². The Morgan fingerprint density at radius 2 is 2.20 bits per heavy atom. The summed E-state index contributed by atoms with van der Waals surface area (Å²) in [5.74, 6) is 0.486. The highest BCUT2D eigenvalue weighted by Gasteiger charge is 2.73. The Labute approximate surface area is 119 Å². The minimum atomic E-state index is -0.432. The van der Waals surface area contributed by atoms with Crippen LogP contribution in [0.1, 0.15) is 39.0 Å². The lowest BCUT2D eigenvalue weighted by Crippen LogP contribution is -2.45. The highest BCUT2D eigenvalue weighted by Crippen LogP contribution is 2.70. The summed E-state index contributed by atoms with van der Waals surface area (Å²) < 4.78 is 5.98. The Morgan fingerprint density at radius 3 is 2.95 bits per heavy atom. The summed E-state index contributed by atoms with van der Waals surface area (Å²) in [5, 5.41) is 10.1. The smallest absolute Gasteiger partial charge is 0.313 e. The van der Waals surface area contributed by atoms with Crippen LogP contribution in [0.4, 0.5) is 0 Å². The van der Waals surface area contributed by atoms with Crippen molar-refractivity contribution in [1.29, 1.82) is 0 Å². The molecule has 1 heterocycles. The van der Waals surface area contributed by atoms with Crippen molar-refractivity contribution in [3.8, 4) is 0 Å². The SMILES string of the molecule is C=CC12CC3[C@@]4(C=CC[C@]3(C)C(=O)O4)C1CC[C@H](O)C2. The zero-order valence-corrected chi connectivity index (χ0v) is 12.0. The molecule has 3 unspecified atom stereocenters. The first-order chi connectivity index (χ1) is 9.47. The van der Waals surface area contributed by atoms with E-state index in [2.05, 4.69) is 25.7 Å². The van der Waals surface area contributed by atoms with Gasteiger partial charge in [-0.25, -0.2) is 0 Å². The van der Waals surface area contributed by atoms with E-state index in [-0.39, 0.29) is 34.7 Å². The number of fused-ring (bicyclic) bond motifs is 1. The molecule has 3 heteroatoms. The highest BCUT2D eigenvalue weighted by molar-refractivity contribution is 5.82. The van der Waals surface area contributed by atoms with Crippen LogP contribution in [0.25, 0.3) is 0 Å². The van der Waals surface area contributed by atoms with Crippen molar-refractivity contribution in [2.45, 2.75) is 50.7 Å². The zero-order valence-electron chi connectivity index (χ0n) is 12.0. The van der Waals surface area contributed by atoms with Crippen LogP contribution < -0.4 is 0 Å². The third-order valence-electron chi connectivity index (χ3n) is 6.60. The molecular formula is C17H22O3. The fourth-order valence-corrected chi connectivity index (χ4v) is 5.59. The Kier molecular flexibility index (Phi) is 2.25. The minimum Gasteiger partial charge on any atom is -0.454 e. The summed E-state index contributed by atoms with van der Waals surface area (Å²) >= 11 is 0. The van der Waals surface area contributed by atoms with Gasteiger partial charge in [-0.1, -0.05) is 12.2 Å². The fraction of sp³-hybridized carbons (Fsp3) is 0.706. The first-order valence-corrected chi connectivity index (χ1v) is 7.70. The molecule has 4 aliphatic rings. The number of hydrogen-bond acceptors (Lipinski definition) is 3. The molecule has 4 rings (SSSR count). The molecule has 1 saturated heterocycles. The number of aliphatic hydroxyl groups is 1. The van der Waals surface area contributed by atoms with Gasteiger partial charge in [0, 0.05) is 11.8 Å². The molecule has 2 bridgehead atoms. The molecular weight excluding hydrogens is 252 g/mol. The molecule has 0 aromatic rings. The van der Waals surface area contributed by atoms with Crippen LogP contribution in [-0.2, 0) is 9.53 Å². The van der Waals surface area contributed by atoms with Crippen LogP contribution in [0.5, 0.6) is 0 Å². The van der Waals surface area contributed by atoms with Crippen LogP contribution in [-0.4, -0.2) is 22.8 Å². The number of carbonyl (C=O) groups is 1. The Balaban J connectivity index is 1.86. The van der Waals surface area contributed by atoms with E-state index in [1.54, 1.807) is 0 Å². The molecule has 1 aliphatic heterocycles. The summed E-state index contributed by atoms with van der Waals surface area (Å²) in [6.45, 7) is 6.11. The lowest BCUT2D eigenvalue weighted by atomic mass is 9.63. The summed E-state index contributed by atoms with van der Waals surface area (Å²) in [6, 6.07) is 0. The van der Waals surface area contributed by atoms with Gasteiger partial charge >= 0.3 is 5.97 Å². The summed E-state index contributed by atoms with van der Waals surface area (Å²) in [4.78, 5) is 12.4. The Morgan fingerprint density at radius 1 is 1.40 bits per heavy atom. The van der Waals surface area contributed by atoms with Gasteiger partial charge in [0.15, 0.2) is 0 Å². The standard InChI is InChI=1S/C17H22O3/c1-3-16-9-11(18)5-6-12(16)17-8-4-7-15(2,13(17)10-16)14(19)20-17/h3-4,8,11-13,18H,1,5-7,9-10H2,2H3/t11-,12?,13?,15-,16?,17+/m0/s1. The molecule has 0 amide bonds. The second-order valence-corrected chi connectivity index (χ2v) is 7.45. The molecule has 0 radical (unpaired) electrons. The molecule has 0 spiro atoms. The lowest BCUT2D eigenvalue weighted by molar-refractivity contribution is -0.156. The van der Waals surface area contributed by atoms with Crippen molar-refractivity contribution in [2.75, 3.05) is 0 Å². The fourth-order valence-electron chi connectivity index (χ4n) is 5.59. The molecule has 108 valence electrons. The quantitative estimate of drug-likeness (QED) is 0.590. The number of esters is 1. The highest BCUT2D eigenvalue weighted by atomic mass is 16.6. The van der Waals surface area contributed by atoms with Crippen molar-refractivity contribution in [3.63, 3.8) is 0 Å². The monoisotopic (exact) mass is 274 g/mol. The maximum atomic E-state index is 12.4. The van der Waals surface area contributed by atoms with Gasteiger partial charge in [-0.15, -0.1) is 6.58 Å². The van der Waals surface area contributed by atoms with E-state index in [9.17, 15) is 9.90 Å². The first-order valence-electron chi connectivity index (χ1n) is 7.70. The van der Waals surface area contributed by atoms with E-state index >= 15 is 0 Å². The number of allylic oxidation sites excluding steroid dienone is 2. The van der Waals surface area contributed by atoms with Crippen LogP contribution in [0.2, 0.25) is 0 Å². The number of hydrogen-bond donors (Lipinski definition) is 1. The Hall–Kier alpha value is -1.09. The van der Waals surface area contributed by atoms with Crippen molar-refractivity contribution >= 4 is 5.97 Å². The average molecular weight is 274 g/mol. The molecule has 2 saturated carbocycles. The second kappa shape index (κ2) is 3.56. The predicted octanol–water partition coefficient (Wildman–Crippen LogP) is 2.60. The van der Waals surface area contributed by atoms with Crippen LogP contribution >= 0.6 is 0 Å². The van der Waals surface area contributed by atoms with Crippen LogP contribution in [0, 0.1) is 22.7 Å². The van der Waals surface area contributed by atoms with E-state index in [4.69, 9.17) is 4.74 Å². The van der Waals surface area contributed by atoms with Gasteiger partial charge in [-0.3, -0.25) is 4.79 Å². The third-order valence-corrected chi connectivity index (χ3v) is 6.60. The first kappa shape index (κ1) is 12.6. The van der Waals surface area contributed by atoms with Gasteiger partial charge in [-0.2, -0.15) is 0 Å². The molecule has 3 aliphatic carbocycles. The molecule has 6 atom stereocenters. The van der Waals surface area contributed by atoms with Crippen LogP contribution in [0.3, 0.4) is 0 Å². The van der Waals surface area contributed by atoms with Gasteiger partial charge in [0.2, 0.25) is 0 Å². The topological polar surface area (TPSA) is 46.5 Å². The van der Waals surface area contributed by atoms with E-state index in [0.717, 1.165) is 32.1 Å². The summed E-state index contributed by atoms with van der Waals surface area (Å²) in [5.41, 5.74) is -0.884. The predicted molar refractivity (Wildman–Crippen MR) is 74.8 cm³/mol. The largest absolute Gasteiger partial charge is 0.454 e. The van der Waals surface area contributed by atoms with Crippen molar-refractivity contribution < 1.29 is 14.6 Å². The number of ether oxygens (including phenoxy) is 1. The number of rotatable bonds is 1. The van der Waals surface area contributed by atoms with E-state index in [1.807, 2.05) is 6.08 Å². The maximum Gasteiger partial charge on any atom is 0.313 e. The van der Waals surface area contributed by atoms with E-state index in [1.165, 1.54) is 0 Å². The third kappa shape index (κ3) is 1.19. The zero-order chi connectivity index (χ0) is 14.2. The average Bonchev–Trinajstić information content (AvgIpc) is 2.74. The van der Waals surface area contributed by atoms with Crippen LogP contribution in [0.15, 0.2) is 24.8 Å². The van der Waals surface area contributed by atoms with E-state index < -0.39 is 5.60 Å². The summed E-state index contributed by atoms with van der Waals surface area (Å²) in [6.07, 6.45) is 10.3. The molecule has 3 fully saturated rings. The van der Waals surface area contributed by atoms with Gasteiger partial charge < -0.3 is 9.84 Å². The maximum absolute atomic E-state index is 12.4. The molecule has 0 aromatic heterocycles. The number of aliphatic hydroxyl groups excluding tert-OH is 1. The normalized spacial score (nSPS) is 56.1. The van der Waals surface area contributed by atoms with Gasteiger partial charge in [-0.05, 0) is 50.5 Å². The molecule has 3 nitrogen and oxygen atoms in total. The molecule has 1 N–H and O–H groups in total. The van der Waals surface area contributed by atoms with E-state index in [0.29, 0.717) is 0 Å². The van der Waals surface area contributed by atoms with Crippen molar-refractivity contribution in [2.24, 2.45) is 22.7 Å². The summed E-state index contributed by atoms with van der Waals surface area (Å²) in [7, 11) is 0. The van der Waals surface area contributed by atoms with Gasteiger partial charge in [0.05, 0.1) is 11.5 Å². The second-order valence-electron chi connectivity index (χ2n) is 7.45. The molecule has 20 heavy (non-hydrogen) atoms. The van der Waals surface area contributed by atoms with Crippen molar-refractivity contribution in [1.82, 2.24) is 0 Å². The minimum absolute atomic E-state index is 0.0312.